The van der Waals surface area contributed by atoms with E-state index in [0.29, 0.717) is 0 Å². The minimum atomic E-state index is -1.36. The second kappa shape index (κ2) is 5.93. The summed E-state index contributed by atoms with van der Waals surface area (Å²) in [5, 5.41) is 30.4. The van der Waals surface area contributed by atoms with Gasteiger partial charge in [0.2, 0.25) is 5.75 Å². The summed E-state index contributed by atoms with van der Waals surface area (Å²) in [5.41, 5.74) is 4.17. The van der Waals surface area contributed by atoms with Crippen molar-refractivity contribution in [2.24, 2.45) is 5.73 Å². The van der Waals surface area contributed by atoms with Crippen molar-refractivity contribution in [2.75, 3.05) is 7.11 Å². The monoisotopic (exact) mass is 285 g/mol. The fraction of sp³-hybridized carbons (Fsp3) is 0.300. The van der Waals surface area contributed by atoms with Crippen LogP contribution < -0.4 is 10.5 Å². The number of carboxylic acid groups (broad SMARTS) is 1. The van der Waals surface area contributed by atoms with Crippen LogP contribution in [-0.2, 0) is 11.2 Å². The summed E-state index contributed by atoms with van der Waals surface area (Å²) in [6, 6.07) is 0.397. The summed E-state index contributed by atoms with van der Waals surface area (Å²) >= 11 is 0. The van der Waals surface area contributed by atoms with Gasteiger partial charge in [0.25, 0.3) is 5.69 Å². The van der Waals surface area contributed by atoms with E-state index in [4.69, 9.17) is 15.6 Å². The van der Waals surface area contributed by atoms with Crippen LogP contribution >= 0.6 is 0 Å². The molecular weight excluding hydrogens is 274 g/mol. The van der Waals surface area contributed by atoms with E-state index in [0.717, 1.165) is 19.2 Å². The molecule has 10 heteroatoms. The summed E-state index contributed by atoms with van der Waals surface area (Å²) < 4.78 is 4.84. The lowest BCUT2D eigenvalue weighted by molar-refractivity contribution is -0.394. The average molecular weight is 285 g/mol. The predicted octanol–water partition coefficient (Wildman–Crippen LogP) is 0.466. The average Bonchev–Trinajstić information content (AvgIpc) is 2.37. The molecule has 1 rings (SSSR count). The molecule has 0 unspecified atom stereocenters. The van der Waals surface area contributed by atoms with Crippen LogP contribution in [0.15, 0.2) is 12.1 Å². The van der Waals surface area contributed by atoms with Crippen LogP contribution in [0.25, 0.3) is 0 Å². The number of rotatable bonds is 6. The molecule has 0 aromatic heterocycles. The Bertz CT molecular complexity index is 572. The zero-order chi connectivity index (χ0) is 15.4. The highest BCUT2D eigenvalue weighted by Gasteiger charge is 2.27. The van der Waals surface area contributed by atoms with Crippen molar-refractivity contribution >= 4 is 17.3 Å². The highest BCUT2D eigenvalue weighted by molar-refractivity contribution is 5.74. The molecule has 0 radical (unpaired) electrons. The summed E-state index contributed by atoms with van der Waals surface area (Å²) in [4.78, 5) is 30.7. The van der Waals surface area contributed by atoms with Gasteiger partial charge in [-0.2, -0.15) is 0 Å². The topological polar surface area (TPSA) is 159 Å². The molecule has 10 nitrogen and oxygen atoms in total. The second-order valence-electron chi connectivity index (χ2n) is 3.82. The van der Waals surface area contributed by atoms with E-state index in [1.165, 1.54) is 0 Å². The highest BCUT2D eigenvalue weighted by atomic mass is 16.6. The van der Waals surface area contributed by atoms with E-state index in [9.17, 15) is 25.0 Å². The first-order valence-corrected chi connectivity index (χ1v) is 5.26. The molecule has 0 saturated heterocycles. The quantitative estimate of drug-likeness (QED) is 0.563. The Morgan fingerprint density at radius 1 is 1.40 bits per heavy atom. The molecule has 0 fully saturated rings. The van der Waals surface area contributed by atoms with Gasteiger partial charge in [0.05, 0.1) is 23.0 Å². The van der Waals surface area contributed by atoms with E-state index >= 15 is 0 Å². The van der Waals surface area contributed by atoms with Crippen molar-refractivity contribution in [3.8, 4) is 5.75 Å². The molecule has 3 N–H and O–H groups in total. The molecule has 0 aliphatic heterocycles. The Labute approximate surface area is 112 Å². The number of nitrogens with zero attached hydrogens (tertiary/aromatic N) is 2. The fourth-order valence-electron chi connectivity index (χ4n) is 1.61. The number of hydrogen-bond donors (Lipinski definition) is 2. The minimum Gasteiger partial charge on any atom is -0.490 e. The van der Waals surface area contributed by atoms with E-state index in [1.807, 2.05) is 0 Å². The van der Waals surface area contributed by atoms with Crippen LogP contribution in [0.3, 0.4) is 0 Å². The van der Waals surface area contributed by atoms with Crippen LogP contribution in [0.4, 0.5) is 11.4 Å². The minimum absolute atomic E-state index is 0.0108. The summed E-state index contributed by atoms with van der Waals surface area (Å²) in [6.07, 6.45) is -0.332. The molecular formula is C10H11N3O7. The van der Waals surface area contributed by atoms with Gasteiger partial charge in [-0.25, -0.2) is 0 Å². The standard InChI is InChI=1S/C10H11N3O7/c1-20-9-5(3-7(11)10(14)15)2-6(12(16)17)4-8(9)13(18)19/h2,4,7H,3,11H2,1H3,(H,14,15)/t7-/m1/s1. The van der Waals surface area contributed by atoms with E-state index in [2.05, 4.69) is 0 Å². The molecule has 0 heterocycles. The largest absolute Gasteiger partial charge is 0.490 e. The Balaban J connectivity index is 3.42. The number of ether oxygens (including phenoxy) is 1. The third-order valence-electron chi connectivity index (χ3n) is 2.50. The van der Waals surface area contributed by atoms with Crippen molar-refractivity contribution in [1.29, 1.82) is 0 Å². The molecule has 20 heavy (non-hydrogen) atoms. The zero-order valence-corrected chi connectivity index (χ0v) is 10.3. The number of methoxy groups -OCH3 is 1. The number of aliphatic carboxylic acids is 1. The molecule has 0 bridgehead atoms. The van der Waals surface area contributed by atoms with Crippen LogP contribution in [-0.4, -0.2) is 34.1 Å². The molecule has 1 atom stereocenters. The van der Waals surface area contributed by atoms with E-state index in [-0.39, 0.29) is 17.7 Å². The Hall–Kier alpha value is -2.75. The molecule has 1 aromatic rings. The second-order valence-corrected chi connectivity index (χ2v) is 3.82. The van der Waals surface area contributed by atoms with Crippen molar-refractivity contribution in [3.63, 3.8) is 0 Å². The number of nitro benzene ring substituents is 2. The third-order valence-corrected chi connectivity index (χ3v) is 2.50. The van der Waals surface area contributed by atoms with Gasteiger partial charge in [0.1, 0.15) is 6.04 Å². The first kappa shape index (κ1) is 15.3. The summed E-state index contributed by atoms with van der Waals surface area (Å²) in [6.45, 7) is 0. The fourth-order valence-corrected chi connectivity index (χ4v) is 1.61. The lowest BCUT2D eigenvalue weighted by atomic mass is 10.0. The number of nitrogens with two attached hydrogens (primary N) is 1. The summed E-state index contributed by atoms with van der Waals surface area (Å²) in [5.74, 6) is -1.57. The molecule has 1 aromatic carbocycles. The van der Waals surface area contributed by atoms with Crippen LogP contribution in [0.1, 0.15) is 5.56 Å². The Kier molecular flexibility index (Phi) is 4.54. The van der Waals surface area contributed by atoms with E-state index < -0.39 is 33.2 Å². The molecule has 0 amide bonds. The van der Waals surface area contributed by atoms with Gasteiger partial charge in [0, 0.05) is 18.1 Å². The van der Waals surface area contributed by atoms with Gasteiger partial charge >= 0.3 is 11.7 Å². The number of benzene rings is 1. The van der Waals surface area contributed by atoms with Gasteiger partial charge < -0.3 is 15.6 Å². The molecule has 108 valence electrons. The molecule has 0 aliphatic carbocycles. The first-order chi connectivity index (χ1) is 9.27. The van der Waals surface area contributed by atoms with Crippen LogP contribution in [0.5, 0.6) is 5.75 Å². The Morgan fingerprint density at radius 2 is 2.00 bits per heavy atom. The number of nitro groups is 2. The highest BCUT2D eigenvalue weighted by Crippen LogP contribution is 2.35. The van der Waals surface area contributed by atoms with Crippen LogP contribution in [0, 0.1) is 20.2 Å². The number of carboxylic acids is 1. The van der Waals surface area contributed by atoms with Crippen molar-refractivity contribution in [2.45, 2.75) is 12.5 Å². The maximum atomic E-state index is 10.9. The van der Waals surface area contributed by atoms with Crippen LogP contribution in [0.2, 0.25) is 0 Å². The smallest absolute Gasteiger partial charge is 0.320 e. The molecule has 0 saturated carbocycles. The lowest BCUT2D eigenvalue weighted by Crippen LogP contribution is -2.32. The number of hydrogen-bond acceptors (Lipinski definition) is 7. The van der Waals surface area contributed by atoms with Gasteiger partial charge in [-0.05, 0) is 0 Å². The molecule has 0 spiro atoms. The first-order valence-electron chi connectivity index (χ1n) is 5.26. The SMILES string of the molecule is COc1c(C[C@@H](N)C(=O)O)cc([N+](=O)[O-])cc1[N+](=O)[O-]. The number of non-ortho nitro benzene ring substituents is 1. The maximum absolute atomic E-state index is 10.9. The third kappa shape index (κ3) is 3.17. The lowest BCUT2D eigenvalue weighted by Gasteiger charge is -2.11. The summed E-state index contributed by atoms with van der Waals surface area (Å²) in [7, 11) is 1.14. The Morgan fingerprint density at radius 3 is 2.40 bits per heavy atom. The normalized spacial score (nSPS) is 11.7. The van der Waals surface area contributed by atoms with Crippen molar-refractivity contribution in [3.05, 3.63) is 37.9 Å². The van der Waals surface area contributed by atoms with Crippen molar-refractivity contribution < 1.29 is 24.5 Å². The molecule has 0 aliphatic rings. The van der Waals surface area contributed by atoms with E-state index in [1.54, 1.807) is 0 Å². The number of carbonyl (C=O) groups is 1. The van der Waals surface area contributed by atoms with Gasteiger partial charge in [-0.15, -0.1) is 0 Å². The zero-order valence-electron chi connectivity index (χ0n) is 10.3. The van der Waals surface area contributed by atoms with Gasteiger partial charge in [0.15, 0.2) is 0 Å². The van der Waals surface area contributed by atoms with Gasteiger partial charge in [-0.3, -0.25) is 25.0 Å². The van der Waals surface area contributed by atoms with Gasteiger partial charge in [-0.1, -0.05) is 0 Å². The maximum Gasteiger partial charge on any atom is 0.320 e. The van der Waals surface area contributed by atoms with Crippen molar-refractivity contribution in [1.82, 2.24) is 0 Å². The predicted molar refractivity (Wildman–Crippen MR) is 65.6 cm³/mol.